The first-order valence-electron chi connectivity index (χ1n) is 8.50. The molecule has 0 saturated carbocycles. The molecule has 2 aromatic carbocycles. The molecule has 0 unspecified atom stereocenters. The molecule has 2 heterocycles. The summed E-state index contributed by atoms with van der Waals surface area (Å²) in [6.07, 6.45) is 1.69. The Morgan fingerprint density at radius 1 is 1.11 bits per heavy atom. The molecule has 0 saturated heterocycles. The summed E-state index contributed by atoms with van der Waals surface area (Å²) >= 11 is 1.46. The summed E-state index contributed by atoms with van der Waals surface area (Å²) in [4.78, 5) is 17.3. The van der Waals surface area contributed by atoms with Gasteiger partial charge in [-0.15, -0.1) is 0 Å². The second kappa shape index (κ2) is 7.63. The van der Waals surface area contributed by atoms with Gasteiger partial charge >= 0.3 is 0 Å². The molecule has 0 bridgehead atoms. The van der Waals surface area contributed by atoms with E-state index in [1.165, 1.54) is 11.8 Å². The molecule has 4 rings (SSSR count). The van der Waals surface area contributed by atoms with Crippen molar-refractivity contribution < 1.29 is 9.32 Å². The first kappa shape index (κ1) is 17.3. The Morgan fingerprint density at radius 3 is 2.81 bits per heavy atom. The number of anilines is 1. The normalized spacial score (nSPS) is 10.9. The zero-order valence-electron chi connectivity index (χ0n) is 14.7. The second-order valence-corrected chi connectivity index (χ2v) is 7.02. The van der Waals surface area contributed by atoms with Gasteiger partial charge < -0.3 is 9.84 Å². The minimum Gasteiger partial charge on any atom is -0.361 e. The maximum absolute atomic E-state index is 12.9. The van der Waals surface area contributed by atoms with Gasteiger partial charge in [-0.25, -0.2) is 4.98 Å². The van der Waals surface area contributed by atoms with Crippen LogP contribution in [-0.4, -0.2) is 16.0 Å². The number of amides is 1. The van der Waals surface area contributed by atoms with Gasteiger partial charge in [-0.3, -0.25) is 4.79 Å². The maximum Gasteiger partial charge on any atom is 0.258 e. The number of nitrogens with one attached hydrogen (secondary N) is 1. The smallest absolute Gasteiger partial charge is 0.258 e. The third-order valence-electron chi connectivity index (χ3n) is 4.09. The van der Waals surface area contributed by atoms with Crippen LogP contribution in [0.15, 0.2) is 76.4 Å². The first-order valence-corrected chi connectivity index (χ1v) is 9.48. The van der Waals surface area contributed by atoms with Crippen molar-refractivity contribution in [1.29, 1.82) is 0 Å². The number of carbonyl (C=O) groups excluding carboxylic acids is 1. The fourth-order valence-electron chi connectivity index (χ4n) is 2.83. The Kier molecular flexibility index (Phi) is 4.89. The van der Waals surface area contributed by atoms with Gasteiger partial charge in [0, 0.05) is 29.1 Å². The van der Waals surface area contributed by atoms with Crippen LogP contribution >= 0.6 is 11.8 Å². The monoisotopic (exact) mass is 375 g/mol. The molecule has 2 aromatic heterocycles. The highest BCUT2D eigenvalue weighted by atomic mass is 32.2. The highest BCUT2D eigenvalue weighted by molar-refractivity contribution is 7.98. The van der Waals surface area contributed by atoms with Gasteiger partial charge in [0.15, 0.2) is 0 Å². The van der Waals surface area contributed by atoms with Crippen LogP contribution in [0.3, 0.4) is 0 Å². The highest BCUT2D eigenvalue weighted by Gasteiger charge is 2.15. The summed E-state index contributed by atoms with van der Waals surface area (Å²) in [5.74, 6) is 1.17. The molecule has 1 amide bonds. The Hall–Kier alpha value is -3.12. The lowest BCUT2D eigenvalue weighted by Crippen LogP contribution is -2.14. The van der Waals surface area contributed by atoms with E-state index in [-0.39, 0.29) is 5.91 Å². The molecule has 0 radical (unpaired) electrons. The van der Waals surface area contributed by atoms with E-state index < -0.39 is 0 Å². The van der Waals surface area contributed by atoms with Crippen molar-refractivity contribution in [3.05, 3.63) is 83.9 Å². The van der Waals surface area contributed by atoms with E-state index >= 15 is 0 Å². The lowest BCUT2D eigenvalue weighted by molar-refractivity contribution is 0.102. The number of carbonyl (C=O) groups is 1. The Labute approximate surface area is 160 Å². The highest BCUT2D eigenvalue weighted by Crippen LogP contribution is 2.27. The molecule has 0 aliphatic heterocycles. The molecular weight excluding hydrogens is 358 g/mol. The number of aromatic nitrogens is 2. The van der Waals surface area contributed by atoms with E-state index in [4.69, 9.17) is 4.52 Å². The molecule has 134 valence electrons. The van der Waals surface area contributed by atoms with Crippen LogP contribution < -0.4 is 5.32 Å². The predicted octanol–water partition coefficient (Wildman–Crippen LogP) is 5.08. The van der Waals surface area contributed by atoms with Gasteiger partial charge in [0.2, 0.25) is 0 Å². The maximum atomic E-state index is 12.9. The average Bonchev–Trinajstić information content (AvgIpc) is 3.12. The summed E-state index contributed by atoms with van der Waals surface area (Å²) in [6.45, 7) is 1.85. The molecule has 4 aromatic rings. The van der Waals surface area contributed by atoms with Crippen molar-refractivity contribution in [1.82, 2.24) is 10.1 Å². The number of fused-ring (bicyclic) bond motifs is 1. The standard InChI is InChI=1S/C21H17N3O2S/c1-14-12-16(24-26-14)13-27-21-18(9-5-11-22-21)20(25)23-19-10-4-7-15-6-2-3-8-17(15)19/h2-12H,13H2,1H3,(H,23,25). The topological polar surface area (TPSA) is 68.0 Å². The van der Waals surface area contributed by atoms with Crippen LogP contribution in [0.5, 0.6) is 0 Å². The summed E-state index contributed by atoms with van der Waals surface area (Å²) in [7, 11) is 0. The van der Waals surface area contributed by atoms with Gasteiger partial charge in [-0.05, 0) is 30.5 Å². The number of benzene rings is 2. The number of aryl methyl sites for hydroxylation is 1. The van der Waals surface area contributed by atoms with Crippen LogP contribution in [0.25, 0.3) is 10.8 Å². The molecule has 0 fully saturated rings. The van der Waals surface area contributed by atoms with Crippen LogP contribution in [0.1, 0.15) is 21.8 Å². The van der Waals surface area contributed by atoms with Crippen molar-refractivity contribution in [3.63, 3.8) is 0 Å². The van der Waals surface area contributed by atoms with Crippen LogP contribution in [-0.2, 0) is 5.75 Å². The Morgan fingerprint density at radius 2 is 1.96 bits per heavy atom. The minimum absolute atomic E-state index is 0.182. The third-order valence-corrected chi connectivity index (χ3v) is 5.13. The quantitative estimate of drug-likeness (QED) is 0.493. The molecule has 27 heavy (non-hydrogen) atoms. The van der Waals surface area contributed by atoms with Crippen molar-refractivity contribution in [2.24, 2.45) is 0 Å². The minimum atomic E-state index is -0.182. The van der Waals surface area contributed by atoms with Gasteiger partial charge in [0.25, 0.3) is 5.91 Å². The largest absolute Gasteiger partial charge is 0.361 e. The lowest BCUT2D eigenvalue weighted by Gasteiger charge is -2.11. The van der Waals surface area contributed by atoms with Crippen LogP contribution in [0.2, 0.25) is 0 Å². The van der Waals surface area contributed by atoms with E-state index in [1.54, 1.807) is 18.3 Å². The summed E-state index contributed by atoms with van der Waals surface area (Å²) in [6, 6.07) is 19.3. The lowest BCUT2D eigenvalue weighted by atomic mass is 10.1. The van der Waals surface area contributed by atoms with E-state index in [0.717, 1.165) is 27.9 Å². The fraction of sp³-hybridized carbons (Fsp3) is 0.0952. The van der Waals surface area contributed by atoms with Crippen molar-refractivity contribution in [2.45, 2.75) is 17.7 Å². The van der Waals surface area contributed by atoms with E-state index in [2.05, 4.69) is 15.5 Å². The van der Waals surface area contributed by atoms with E-state index in [1.807, 2.05) is 55.5 Å². The number of hydrogen-bond acceptors (Lipinski definition) is 5. The summed E-state index contributed by atoms with van der Waals surface area (Å²) < 4.78 is 5.09. The molecule has 0 atom stereocenters. The van der Waals surface area contributed by atoms with Crippen molar-refractivity contribution in [2.75, 3.05) is 5.32 Å². The van der Waals surface area contributed by atoms with E-state index in [0.29, 0.717) is 16.3 Å². The number of pyridine rings is 1. The zero-order valence-corrected chi connectivity index (χ0v) is 15.5. The van der Waals surface area contributed by atoms with Crippen LogP contribution in [0.4, 0.5) is 5.69 Å². The van der Waals surface area contributed by atoms with Gasteiger partial charge in [0.05, 0.1) is 11.3 Å². The predicted molar refractivity (Wildman–Crippen MR) is 107 cm³/mol. The SMILES string of the molecule is Cc1cc(CSc2ncccc2C(=O)Nc2cccc3ccccc23)no1. The molecule has 0 spiro atoms. The number of hydrogen-bond donors (Lipinski definition) is 1. The number of rotatable bonds is 5. The third kappa shape index (κ3) is 3.85. The average molecular weight is 375 g/mol. The first-order chi connectivity index (χ1) is 13.2. The van der Waals surface area contributed by atoms with Gasteiger partial charge in [-0.1, -0.05) is 53.3 Å². The molecule has 1 N–H and O–H groups in total. The summed E-state index contributed by atoms with van der Waals surface area (Å²) in [5.41, 5.74) is 2.14. The Bertz CT molecular complexity index is 1100. The molecule has 0 aliphatic rings. The summed E-state index contributed by atoms with van der Waals surface area (Å²) in [5, 5.41) is 9.75. The van der Waals surface area contributed by atoms with Gasteiger partial charge in [0.1, 0.15) is 10.8 Å². The van der Waals surface area contributed by atoms with Crippen molar-refractivity contribution in [3.8, 4) is 0 Å². The molecule has 6 heteroatoms. The van der Waals surface area contributed by atoms with Gasteiger partial charge in [-0.2, -0.15) is 0 Å². The van der Waals surface area contributed by atoms with Crippen molar-refractivity contribution >= 4 is 34.1 Å². The zero-order chi connectivity index (χ0) is 18.6. The molecule has 5 nitrogen and oxygen atoms in total. The number of nitrogens with zero attached hydrogens (tertiary/aromatic N) is 2. The fourth-order valence-corrected chi connectivity index (χ4v) is 3.70. The van der Waals surface area contributed by atoms with E-state index in [9.17, 15) is 4.79 Å². The number of thioether (sulfide) groups is 1. The Balaban J connectivity index is 1.56. The molecule has 0 aliphatic carbocycles. The second-order valence-electron chi connectivity index (χ2n) is 6.05. The molecular formula is C21H17N3O2S. The van der Waals surface area contributed by atoms with Crippen LogP contribution in [0, 0.1) is 6.92 Å².